The monoisotopic (exact) mass is 204 g/mol. The van der Waals surface area contributed by atoms with Crippen molar-refractivity contribution < 1.29 is 4.74 Å². The van der Waals surface area contributed by atoms with Crippen LogP contribution in [0.5, 0.6) is 5.75 Å². The van der Waals surface area contributed by atoms with E-state index >= 15 is 0 Å². The van der Waals surface area contributed by atoms with E-state index in [2.05, 4.69) is 35.5 Å². The first-order chi connectivity index (χ1) is 7.31. The number of likely N-dealkylation sites (N-methyl/N-ethyl adjacent to an activating group) is 1. The molecular formula is C12H16N2O. The van der Waals surface area contributed by atoms with Crippen LogP contribution < -0.4 is 15.0 Å². The van der Waals surface area contributed by atoms with Crippen LogP contribution in [-0.2, 0) is 0 Å². The number of ether oxygens (including phenoxy) is 1. The second-order valence-corrected chi connectivity index (χ2v) is 4.37. The number of anilines is 1. The molecule has 2 aliphatic rings. The van der Waals surface area contributed by atoms with Gasteiger partial charge in [0, 0.05) is 43.9 Å². The SMILES string of the molecule is COc1ccc2c(c1)N(C)C1CNCC21. The number of fused-ring (bicyclic) bond motifs is 3. The van der Waals surface area contributed by atoms with E-state index < -0.39 is 0 Å². The van der Waals surface area contributed by atoms with Gasteiger partial charge in [-0.15, -0.1) is 0 Å². The zero-order chi connectivity index (χ0) is 10.4. The van der Waals surface area contributed by atoms with Gasteiger partial charge in [-0.2, -0.15) is 0 Å². The minimum atomic E-state index is 0.632. The Morgan fingerprint density at radius 3 is 3.07 bits per heavy atom. The summed E-state index contributed by atoms with van der Waals surface area (Å²) in [4.78, 5) is 2.38. The molecule has 1 fully saturated rings. The van der Waals surface area contributed by atoms with Gasteiger partial charge in [-0.1, -0.05) is 6.07 Å². The summed E-state index contributed by atoms with van der Waals surface area (Å²) in [6, 6.07) is 7.05. The summed E-state index contributed by atoms with van der Waals surface area (Å²) in [5.74, 6) is 1.62. The average molecular weight is 204 g/mol. The van der Waals surface area contributed by atoms with Crippen LogP contribution >= 0.6 is 0 Å². The predicted octanol–water partition coefficient (Wildman–Crippen LogP) is 1.20. The third kappa shape index (κ3) is 1.16. The van der Waals surface area contributed by atoms with Gasteiger partial charge >= 0.3 is 0 Å². The van der Waals surface area contributed by atoms with E-state index in [1.807, 2.05) is 0 Å². The minimum absolute atomic E-state index is 0.632. The van der Waals surface area contributed by atoms with E-state index in [4.69, 9.17) is 4.74 Å². The fourth-order valence-electron chi connectivity index (χ4n) is 2.84. The molecule has 1 aromatic rings. The van der Waals surface area contributed by atoms with Crippen LogP contribution in [0, 0.1) is 0 Å². The Balaban J connectivity index is 2.07. The third-order valence-corrected chi connectivity index (χ3v) is 3.70. The Morgan fingerprint density at radius 1 is 1.40 bits per heavy atom. The van der Waals surface area contributed by atoms with Crippen molar-refractivity contribution in [1.29, 1.82) is 0 Å². The van der Waals surface area contributed by atoms with Crippen LogP contribution in [0.25, 0.3) is 0 Å². The zero-order valence-electron chi connectivity index (χ0n) is 9.16. The Kier molecular flexibility index (Phi) is 1.89. The fraction of sp³-hybridized carbons (Fsp3) is 0.500. The van der Waals surface area contributed by atoms with E-state index in [0.29, 0.717) is 12.0 Å². The van der Waals surface area contributed by atoms with E-state index in [1.54, 1.807) is 7.11 Å². The molecule has 0 amide bonds. The Morgan fingerprint density at radius 2 is 2.27 bits per heavy atom. The first-order valence-electron chi connectivity index (χ1n) is 5.43. The molecule has 0 aromatic heterocycles. The number of nitrogens with zero attached hydrogens (tertiary/aromatic N) is 1. The molecule has 80 valence electrons. The number of hydrogen-bond donors (Lipinski definition) is 1. The summed E-state index contributed by atoms with van der Waals surface area (Å²) in [6.45, 7) is 2.20. The Labute approximate surface area is 90.0 Å². The number of rotatable bonds is 1. The lowest BCUT2D eigenvalue weighted by atomic mass is 9.98. The van der Waals surface area contributed by atoms with Crippen molar-refractivity contribution in [1.82, 2.24) is 5.32 Å². The van der Waals surface area contributed by atoms with Crippen molar-refractivity contribution in [3.63, 3.8) is 0 Å². The summed E-state index contributed by atoms with van der Waals surface area (Å²) < 4.78 is 5.27. The molecule has 3 nitrogen and oxygen atoms in total. The normalized spacial score (nSPS) is 27.7. The minimum Gasteiger partial charge on any atom is -0.497 e. The first-order valence-corrected chi connectivity index (χ1v) is 5.43. The lowest BCUT2D eigenvalue weighted by Gasteiger charge is -2.20. The first kappa shape index (κ1) is 9.04. The molecule has 3 rings (SSSR count). The standard InChI is InChI=1S/C12H16N2O/c1-14-11-5-8(15-2)3-4-9(11)10-6-13-7-12(10)14/h3-5,10,12-13H,6-7H2,1-2H3. The molecule has 2 aliphatic heterocycles. The van der Waals surface area contributed by atoms with Crippen molar-refractivity contribution in [2.24, 2.45) is 0 Å². The van der Waals surface area contributed by atoms with Gasteiger partial charge in [0.15, 0.2) is 0 Å². The van der Waals surface area contributed by atoms with Crippen molar-refractivity contribution >= 4 is 5.69 Å². The van der Waals surface area contributed by atoms with E-state index in [1.165, 1.54) is 11.3 Å². The average Bonchev–Trinajstić information content (AvgIpc) is 2.83. The maximum atomic E-state index is 5.27. The molecule has 2 atom stereocenters. The molecule has 2 heterocycles. The van der Waals surface area contributed by atoms with Gasteiger partial charge in [0.1, 0.15) is 5.75 Å². The highest BCUT2D eigenvalue weighted by atomic mass is 16.5. The highest BCUT2D eigenvalue weighted by Gasteiger charge is 2.39. The molecule has 15 heavy (non-hydrogen) atoms. The second-order valence-electron chi connectivity index (χ2n) is 4.37. The maximum absolute atomic E-state index is 5.27. The number of hydrogen-bond acceptors (Lipinski definition) is 3. The summed E-state index contributed by atoms with van der Waals surface area (Å²) in [5.41, 5.74) is 2.80. The second kappa shape index (κ2) is 3.14. The van der Waals surface area contributed by atoms with Crippen LogP contribution in [0.3, 0.4) is 0 Å². The van der Waals surface area contributed by atoms with E-state index in [0.717, 1.165) is 18.8 Å². The molecule has 0 spiro atoms. The topological polar surface area (TPSA) is 24.5 Å². The van der Waals surface area contributed by atoms with Gasteiger partial charge in [0.25, 0.3) is 0 Å². The highest BCUT2D eigenvalue weighted by Crippen LogP contribution is 2.43. The van der Waals surface area contributed by atoms with Crippen LogP contribution in [-0.4, -0.2) is 33.3 Å². The van der Waals surface area contributed by atoms with Gasteiger partial charge in [-0.05, 0) is 11.6 Å². The predicted molar refractivity (Wildman–Crippen MR) is 60.8 cm³/mol. The van der Waals surface area contributed by atoms with Gasteiger partial charge in [0.2, 0.25) is 0 Å². The molecule has 0 radical (unpaired) electrons. The van der Waals surface area contributed by atoms with Crippen molar-refractivity contribution in [2.45, 2.75) is 12.0 Å². The quantitative estimate of drug-likeness (QED) is 0.744. The molecule has 1 N–H and O–H groups in total. The molecule has 2 unspecified atom stereocenters. The van der Waals surface area contributed by atoms with Crippen LogP contribution in [0.15, 0.2) is 18.2 Å². The van der Waals surface area contributed by atoms with Gasteiger partial charge in [-0.25, -0.2) is 0 Å². The fourth-order valence-corrected chi connectivity index (χ4v) is 2.84. The van der Waals surface area contributed by atoms with Crippen molar-refractivity contribution in [3.05, 3.63) is 23.8 Å². The molecule has 3 heteroatoms. The summed E-state index contributed by atoms with van der Waals surface area (Å²) >= 11 is 0. The molecule has 1 aromatic carbocycles. The van der Waals surface area contributed by atoms with Crippen molar-refractivity contribution in [3.8, 4) is 5.75 Å². The lowest BCUT2D eigenvalue weighted by molar-refractivity contribution is 0.415. The highest BCUT2D eigenvalue weighted by molar-refractivity contribution is 5.64. The number of benzene rings is 1. The summed E-state index contributed by atoms with van der Waals surface area (Å²) in [7, 11) is 3.90. The molecular weight excluding hydrogens is 188 g/mol. The number of methoxy groups -OCH3 is 1. The Bertz CT molecular complexity index is 391. The molecule has 0 bridgehead atoms. The van der Waals surface area contributed by atoms with Gasteiger partial charge < -0.3 is 15.0 Å². The van der Waals surface area contributed by atoms with E-state index in [9.17, 15) is 0 Å². The van der Waals surface area contributed by atoms with Crippen LogP contribution in [0.1, 0.15) is 11.5 Å². The smallest absolute Gasteiger partial charge is 0.120 e. The summed E-state index contributed by atoms with van der Waals surface area (Å²) in [6.07, 6.45) is 0. The molecule has 0 aliphatic carbocycles. The Hall–Kier alpha value is -1.22. The van der Waals surface area contributed by atoms with Gasteiger partial charge in [-0.3, -0.25) is 0 Å². The zero-order valence-corrected chi connectivity index (χ0v) is 9.16. The van der Waals surface area contributed by atoms with Crippen molar-refractivity contribution in [2.75, 3.05) is 32.1 Å². The van der Waals surface area contributed by atoms with Gasteiger partial charge in [0.05, 0.1) is 7.11 Å². The van der Waals surface area contributed by atoms with Crippen LogP contribution in [0.2, 0.25) is 0 Å². The van der Waals surface area contributed by atoms with E-state index in [-0.39, 0.29) is 0 Å². The lowest BCUT2D eigenvalue weighted by Crippen LogP contribution is -2.31. The largest absolute Gasteiger partial charge is 0.497 e. The van der Waals surface area contributed by atoms with Crippen LogP contribution in [0.4, 0.5) is 5.69 Å². The maximum Gasteiger partial charge on any atom is 0.120 e. The molecule has 0 saturated carbocycles. The molecule has 1 saturated heterocycles. The summed E-state index contributed by atoms with van der Waals surface area (Å²) in [5, 5.41) is 3.45. The third-order valence-electron chi connectivity index (χ3n) is 3.70. The number of nitrogens with one attached hydrogen (secondary N) is 1.